The van der Waals surface area contributed by atoms with Gasteiger partial charge in [-0.3, -0.25) is 24.6 Å². The van der Waals surface area contributed by atoms with E-state index in [0.717, 1.165) is 10.5 Å². The Morgan fingerprint density at radius 2 is 2.05 bits per heavy atom. The minimum atomic E-state index is -1.09. The molecule has 1 aromatic carbocycles. The molecule has 2 atom stereocenters. The highest BCUT2D eigenvalue weighted by Gasteiger charge is 2.40. The molecule has 0 bridgehead atoms. The zero-order valence-electron chi connectivity index (χ0n) is 11.2. The van der Waals surface area contributed by atoms with Gasteiger partial charge in [-0.1, -0.05) is 30.3 Å². The lowest BCUT2D eigenvalue weighted by molar-refractivity contribution is -0.139. The molecule has 0 aliphatic carbocycles. The van der Waals surface area contributed by atoms with Crippen LogP contribution in [0.4, 0.5) is 0 Å². The van der Waals surface area contributed by atoms with Gasteiger partial charge >= 0.3 is 5.97 Å². The second-order valence-corrected chi connectivity index (χ2v) is 5.17. The van der Waals surface area contributed by atoms with Crippen LogP contribution in [0.2, 0.25) is 0 Å². The van der Waals surface area contributed by atoms with Crippen molar-refractivity contribution in [1.82, 2.24) is 10.2 Å². The molecule has 0 radical (unpaired) electrons. The van der Waals surface area contributed by atoms with Crippen LogP contribution in [0.15, 0.2) is 30.3 Å². The number of imide groups is 1. The number of carbonyl (C=O) groups excluding carboxylic acids is 2. The lowest BCUT2D eigenvalue weighted by Crippen LogP contribution is -2.48. The molecule has 2 rings (SSSR count). The van der Waals surface area contributed by atoms with Gasteiger partial charge in [0.05, 0.1) is 19.0 Å². The fraction of sp³-hybridized carbons (Fsp3) is 0.357. The Kier molecular flexibility index (Phi) is 4.98. The third kappa shape index (κ3) is 3.62. The van der Waals surface area contributed by atoms with Crippen LogP contribution in [-0.4, -0.2) is 45.6 Å². The first kappa shape index (κ1) is 15.5. The lowest BCUT2D eigenvalue weighted by Gasteiger charge is -2.18. The van der Waals surface area contributed by atoms with Gasteiger partial charge in [0.2, 0.25) is 11.8 Å². The van der Waals surface area contributed by atoms with Gasteiger partial charge in [0.25, 0.3) is 0 Å². The molecule has 1 saturated heterocycles. The lowest BCUT2D eigenvalue weighted by atomic mass is 10.2. The topological polar surface area (TPSA) is 86.7 Å². The van der Waals surface area contributed by atoms with Crippen molar-refractivity contribution in [3.63, 3.8) is 0 Å². The Bertz CT molecular complexity index is 549. The number of aliphatic carboxylic acids is 1. The van der Waals surface area contributed by atoms with E-state index in [2.05, 4.69) is 17.9 Å². The second kappa shape index (κ2) is 6.73. The molecule has 6 nitrogen and oxygen atoms in total. The second-order valence-electron chi connectivity index (χ2n) is 4.80. The maximum atomic E-state index is 12.2. The molecule has 7 heteroatoms. The number of hydrogen-bond donors (Lipinski definition) is 3. The van der Waals surface area contributed by atoms with Gasteiger partial charge in [-0.2, -0.15) is 12.6 Å². The zero-order valence-corrected chi connectivity index (χ0v) is 12.1. The van der Waals surface area contributed by atoms with Crippen molar-refractivity contribution in [3.05, 3.63) is 35.9 Å². The maximum absolute atomic E-state index is 12.2. The molecule has 0 aromatic heterocycles. The molecule has 112 valence electrons. The van der Waals surface area contributed by atoms with Gasteiger partial charge < -0.3 is 5.11 Å². The number of amides is 2. The third-order valence-corrected chi connectivity index (χ3v) is 3.68. The molecule has 0 spiro atoms. The molecular weight excluding hydrogens is 292 g/mol. The van der Waals surface area contributed by atoms with E-state index in [-0.39, 0.29) is 24.6 Å². The molecule has 0 unspecified atom stereocenters. The molecule has 0 saturated carbocycles. The molecule has 1 fully saturated rings. The van der Waals surface area contributed by atoms with E-state index >= 15 is 0 Å². The van der Waals surface area contributed by atoms with Gasteiger partial charge in [-0.05, 0) is 5.56 Å². The molecule has 1 heterocycles. The summed E-state index contributed by atoms with van der Waals surface area (Å²) in [4.78, 5) is 36.3. The Labute approximate surface area is 127 Å². The summed E-state index contributed by atoms with van der Waals surface area (Å²) in [6.45, 7) is 0.204. The smallest absolute Gasteiger partial charge is 0.321 e. The maximum Gasteiger partial charge on any atom is 0.321 e. The highest BCUT2D eigenvalue weighted by molar-refractivity contribution is 7.80. The highest BCUT2D eigenvalue weighted by atomic mass is 32.1. The number of nitrogens with zero attached hydrogens (tertiary/aromatic N) is 1. The summed E-state index contributed by atoms with van der Waals surface area (Å²) in [6, 6.07) is 7.42. The highest BCUT2D eigenvalue weighted by Crippen LogP contribution is 2.17. The molecule has 1 aliphatic rings. The number of hydrogen-bond acceptors (Lipinski definition) is 5. The third-order valence-electron chi connectivity index (χ3n) is 3.31. The molecule has 21 heavy (non-hydrogen) atoms. The first-order chi connectivity index (χ1) is 10.0. The zero-order chi connectivity index (χ0) is 15.4. The Hall–Kier alpha value is -1.86. The minimum absolute atomic E-state index is 0.0246. The van der Waals surface area contributed by atoms with Gasteiger partial charge in [0.15, 0.2) is 0 Å². The number of nitrogens with one attached hydrogen (secondary N) is 1. The average molecular weight is 308 g/mol. The van der Waals surface area contributed by atoms with Gasteiger partial charge in [-0.25, -0.2) is 0 Å². The molecule has 1 aliphatic heterocycles. The van der Waals surface area contributed by atoms with E-state index in [0.29, 0.717) is 0 Å². The van der Waals surface area contributed by atoms with Crippen LogP contribution >= 0.6 is 12.6 Å². The summed E-state index contributed by atoms with van der Waals surface area (Å²) in [5, 5.41) is 11.6. The van der Waals surface area contributed by atoms with Crippen LogP contribution in [0.3, 0.4) is 0 Å². The first-order valence-corrected chi connectivity index (χ1v) is 7.14. The fourth-order valence-corrected chi connectivity index (χ4v) is 2.45. The quantitative estimate of drug-likeness (QED) is 0.519. The van der Waals surface area contributed by atoms with E-state index in [1.165, 1.54) is 0 Å². The van der Waals surface area contributed by atoms with E-state index in [1.54, 1.807) is 0 Å². The fourth-order valence-electron chi connectivity index (χ4n) is 2.19. The van der Waals surface area contributed by atoms with Crippen LogP contribution in [0.5, 0.6) is 0 Å². The van der Waals surface area contributed by atoms with Crippen molar-refractivity contribution < 1.29 is 19.5 Å². The van der Waals surface area contributed by atoms with Crippen molar-refractivity contribution in [2.24, 2.45) is 0 Å². The minimum Gasteiger partial charge on any atom is -0.480 e. The molecule has 2 N–H and O–H groups in total. The number of thiol groups is 1. The predicted octanol–water partition coefficient (Wildman–Crippen LogP) is 0.287. The number of carboxylic acids is 1. The summed E-state index contributed by atoms with van der Waals surface area (Å²) in [6.07, 6.45) is -0.0246. The molecule has 2 amide bonds. The predicted molar refractivity (Wildman–Crippen MR) is 78.8 cm³/mol. The van der Waals surface area contributed by atoms with E-state index in [9.17, 15) is 14.4 Å². The Balaban J connectivity index is 2.04. The van der Waals surface area contributed by atoms with Crippen LogP contribution in [0.25, 0.3) is 0 Å². The van der Waals surface area contributed by atoms with Gasteiger partial charge in [-0.15, -0.1) is 0 Å². The number of likely N-dealkylation sites (tertiary alicyclic amines) is 1. The van der Waals surface area contributed by atoms with E-state index in [1.807, 2.05) is 30.3 Å². The van der Waals surface area contributed by atoms with Crippen LogP contribution in [0.1, 0.15) is 12.0 Å². The summed E-state index contributed by atoms with van der Waals surface area (Å²) in [5.41, 5.74) is 0.851. The SMILES string of the molecule is O=C(O)[C@H](CS)N[C@@H]1CC(=O)N(Cc2ccccc2)C1=O. The Morgan fingerprint density at radius 1 is 1.38 bits per heavy atom. The van der Waals surface area contributed by atoms with Crippen LogP contribution in [-0.2, 0) is 20.9 Å². The largest absolute Gasteiger partial charge is 0.480 e. The normalized spacial score (nSPS) is 19.9. The van der Waals surface area contributed by atoms with E-state index in [4.69, 9.17) is 5.11 Å². The van der Waals surface area contributed by atoms with Crippen molar-refractivity contribution in [2.45, 2.75) is 25.0 Å². The van der Waals surface area contributed by atoms with Crippen LogP contribution in [0, 0.1) is 0 Å². The molecule has 1 aromatic rings. The van der Waals surface area contributed by atoms with Crippen molar-refractivity contribution in [1.29, 1.82) is 0 Å². The number of carboxylic acid groups (broad SMARTS) is 1. The number of carbonyl (C=O) groups is 3. The summed E-state index contributed by atoms with van der Waals surface area (Å²) in [5.74, 6) is -1.74. The average Bonchev–Trinajstić information content (AvgIpc) is 2.73. The first-order valence-electron chi connectivity index (χ1n) is 6.50. The van der Waals surface area contributed by atoms with Gasteiger partial charge in [0.1, 0.15) is 6.04 Å². The number of rotatable bonds is 6. The van der Waals surface area contributed by atoms with Crippen LogP contribution < -0.4 is 5.32 Å². The van der Waals surface area contributed by atoms with Crippen molar-refractivity contribution in [2.75, 3.05) is 5.75 Å². The van der Waals surface area contributed by atoms with Gasteiger partial charge in [0, 0.05) is 5.75 Å². The van der Waals surface area contributed by atoms with E-state index < -0.39 is 24.0 Å². The standard InChI is InChI=1S/C14H16N2O4S/c17-12-6-10(15-11(8-21)14(19)20)13(18)16(12)7-9-4-2-1-3-5-9/h1-5,10-11,15,21H,6-8H2,(H,19,20)/t10-,11+/m1/s1. The Morgan fingerprint density at radius 3 is 2.62 bits per heavy atom. The number of benzene rings is 1. The van der Waals surface area contributed by atoms with Crippen molar-refractivity contribution >= 4 is 30.4 Å². The monoisotopic (exact) mass is 308 g/mol. The summed E-state index contributed by atoms with van der Waals surface area (Å²) >= 11 is 3.93. The van der Waals surface area contributed by atoms with Crippen molar-refractivity contribution in [3.8, 4) is 0 Å². The summed E-state index contributed by atoms with van der Waals surface area (Å²) in [7, 11) is 0. The molecular formula is C14H16N2O4S. The summed E-state index contributed by atoms with van der Waals surface area (Å²) < 4.78 is 0.